The highest BCUT2D eigenvalue weighted by Gasteiger charge is 2.31. The summed E-state index contributed by atoms with van der Waals surface area (Å²) in [6, 6.07) is 12.1. The number of alkyl halides is 3. The van der Waals surface area contributed by atoms with Crippen molar-refractivity contribution in [3.05, 3.63) is 59.1 Å². The third-order valence-electron chi connectivity index (χ3n) is 4.95. The minimum Gasteiger partial charge on any atom is -0.409 e. The van der Waals surface area contributed by atoms with E-state index in [1.165, 1.54) is 6.07 Å². The predicted octanol–water partition coefficient (Wildman–Crippen LogP) is 4.46. The third kappa shape index (κ3) is 4.71. The Balaban J connectivity index is 1.40. The highest BCUT2D eigenvalue weighted by Crippen LogP contribution is 2.29. The lowest BCUT2D eigenvalue weighted by Crippen LogP contribution is -2.32. The molecule has 4 rings (SSSR count). The Morgan fingerprint density at radius 2 is 1.80 bits per heavy atom. The maximum Gasteiger partial charge on any atom is 0.417 e. The summed E-state index contributed by atoms with van der Waals surface area (Å²) in [5.41, 5.74) is 0.120. The van der Waals surface area contributed by atoms with Crippen LogP contribution in [0.3, 0.4) is 0 Å². The van der Waals surface area contributed by atoms with E-state index in [2.05, 4.69) is 15.0 Å². The highest BCUT2D eigenvalue weighted by atomic mass is 32.1. The minimum atomic E-state index is -4.38. The zero-order chi connectivity index (χ0) is 21.1. The zero-order valence-corrected chi connectivity index (χ0v) is 16.9. The molecule has 1 saturated heterocycles. The molecule has 0 amide bonds. The van der Waals surface area contributed by atoms with E-state index in [0.29, 0.717) is 42.8 Å². The van der Waals surface area contributed by atoms with Gasteiger partial charge < -0.3 is 9.32 Å². The summed E-state index contributed by atoms with van der Waals surface area (Å²) < 4.78 is 45.5. The van der Waals surface area contributed by atoms with Crippen molar-refractivity contribution >= 4 is 18.0 Å². The van der Waals surface area contributed by atoms with Crippen LogP contribution in [0.4, 0.5) is 19.0 Å². The molecule has 158 valence electrons. The summed E-state index contributed by atoms with van der Waals surface area (Å²) in [6.07, 6.45) is -2.65. The molecule has 0 radical (unpaired) electrons. The van der Waals surface area contributed by atoms with Gasteiger partial charge in [-0.1, -0.05) is 18.2 Å². The molecular weight excluding hydrogens is 415 g/mol. The van der Waals surface area contributed by atoms with Crippen LogP contribution in [0.2, 0.25) is 0 Å². The summed E-state index contributed by atoms with van der Waals surface area (Å²) in [7, 11) is 0. The van der Waals surface area contributed by atoms with Crippen molar-refractivity contribution in [2.24, 2.45) is 0 Å². The number of aromatic nitrogens is 3. The second-order valence-corrected chi connectivity index (χ2v) is 7.39. The van der Waals surface area contributed by atoms with Gasteiger partial charge in [0.15, 0.2) is 0 Å². The second kappa shape index (κ2) is 8.57. The summed E-state index contributed by atoms with van der Waals surface area (Å²) in [5, 5.41) is 4.49. The summed E-state index contributed by atoms with van der Waals surface area (Å²) in [5.74, 6) is 1.03. The van der Waals surface area contributed by atoms with Gasteiger partial charge >= 0.3 is 6.18 Å². The van der Waals surface area contributed by atoms with E-state index in [-0.39, 0.29) is 0 Å². The molecule has 1 aliphatic heterocycles. The fourth-order valence-electron chi connectivity index (χ4n) is 3.36. The molecule has 6 nitrogen and oxygen atoms in total. The second-order valence-electron chi connectivity index (χ2n) is 7.04. The first-order valence-electron chi connectivity index (χ1n) is 9.54. The van der Waals surface area contributed by atoms with Crippen LogP contribution < -0.4 is 4.90 Å². The Morgan fingerprint density at radius 1 is 1.00 bits per heavy atom. The number of anilines is 1. The summed E-state index contributed by atoms with van der Waals surface area (Å²) >= 11 is 5.31. The van der Waals surface area contributed by atoms with Gasteiger partial charge in [-0.15, -0.1) is 5.10 Å². The molecule has 3 aromatic rings. The van der Waals surface area contributed by atoms with Crippen LogP contribution in [0.15, 0.2) is 53.1 Å². The van der Waals surface area contributed by atoms with Crippen molar-refractivity contribution in [1.82, 2.24) is 19.7 Å². The SMILES string of the molecule is FC(F)(F)c1ccc(N2CCCN(Cn3nc(-c4ccccc4)oc3=S)CC2)nc1. The summed E-state index contributed by atoms with van der Waals surface area (Å²) in [4.78, 5) is 8.50. The molecule has 10 heteroatoms. The average molecular weight is 435 g/mol. The minimum absolute atomic E-state index is 0.305. The molecule has 3 heterocycles. The van der Waals surface area contributed by atoms with Crippen molar-refractivity contribution in [2.45, 2.75) is 19.3 Å². The number of benzene rings is 1. The fourth-order valence-corrected chi connectivity index (χ4v) is 3.54. The van der Waals surface area contributed by atoms with E-state index in [1.54, 1.807) is 4.68 Å². The standard InChI is InChI=1S/C20H20F3N5OS/c21-20(22,23)16-7-8-17(24-13-16)27-10-4-9-26(11-12-27)14-28-19(30)29-18(25-28)15-5-2-1-3-6-15/h1-3,5-8,13H,4,9-12,14H2. The lowest BCUT2D eigenvalue weighted by Gasteiger charge is -2.22. The van der Waals surface area contributed by atoms with Gasteiger partial charge in [0, 0.05) is 37.9 Å². The number of nitrogens with zero attached hydrogens (tertiary/aromatic N) is 5. The number of rotatable bonds is 4. The molecule has 1 aliphatic rings. The van der Waals surface area contributed by atoms with Crippen molar-refractivity contribution < 1.29 is 17.6 Å². The Labute approximate surface area is 176 Å². The van der Waals surface area contributed by atoms with Crippen molar-refractivity contribution in [3.8, 4) is 11.5 Å². The lowest BCUT2D eigenvalue weighted by molar-refractivity contribution is -0.137. The molecule has 1 aromatic carbocycles. The van der Waals surface area contributed by atoms with Gasteiger partial charge in [0.25, 0.3) is 4.84 Å². The van der Waals surface area contributed by atoms with Gasteiger partial charge in [-0.2, -0.15) is 13.2 Å². The molecule has 2 aromatic heterocycles. The molecule has 0 atom stereocenters. The molecule has 1 fully saturated rings. The fraction of sp³-hybridized carbons (Fsp3) is 0.350. The Kier molecular flexibility index (Phi) is 5.87. The van der Waals surface area contributed by atoms with Gasteiger partial charge in [0.2, 0.25) is 5.89 Å². The largest absolute Gasteiger partial charge is 0.417 e. The van der Waals surface area contributed by atoms with E-state index in [4.69, 9.17) is 16.6 Å². The van der Waals surface area contributed by atoms with Crippen LogP contribution in [0.1, 0.15) is 12.0 Å². The van der Waals surface area contributed by atoms with Gasteiger partial charge in [-0.3, -0.25) is 4.90 Å². The first kappa shape index (κ1) is 20.5. The van der Waals surface area contributed by atoms with Crippen LogP contribution in [0.25, 0.3) is 11.5 Å². The van der Waals surface area contributed by atoms with Crippen molar-refractivity contribution in [1.29, 1.82) is 0 Å². The van der Waals surface area contributed by atoms with Crippen LogP contribution in [0, 0.1) is 4.84 Å². The monoisotopic (exact) mass is 435 g/mol. The third-order valence-corrected chi connectivity index (χ3v) is 5.24. The average Bonchev–Trinajstić information content (AvgIpc) is 2.95. The van der Waals surface area contributed by atoms with Crippen LogP contribution in [0.5, 0.6) is 0 Å². The Morgan fingerprint density at radius 3 is 2.50 bits per heavy atom. The molecular formula is C20H20F3N5OS. The van der Waals surface area contributed by atoms with E-state index in [0.717, 1.165) is 30.8 Å². The highest BCUT2D eigenvalue weighted by molar-refractivity contribution is 7.71. The molecule has 30 heavy (non-hydrogen) atoms. The maximum atomic E-state index is 12.7. The first-order valence-corrected chi connectivity index (χ1v) is 9.95. The van der Waals surface area contributed by atoms with Gasteiger partial charge in [0.1, 0.15) is 5.82 Å². The van der Waals surface area contributed by atoms with Gasteiger partial charge in [-0.05, 0) is 42.9 Å². The van der Waals surface area contributed by atoms with E-state index >= 15 is 0 Å². The Bertz CT molecular complexity index is 1030. The number of halogens is 3. The predicted molar refractivity (Wildman–Crippen MR) is 108 cm³/mol. The van der Waals surface area contributed by atoms with Crippen LogP contribution in [-0.2, 0) is 12.8 Å². The molecule has 0 bridgehead atoms. The van der Waals surface area contributed by atoms with Crippen LogP contribution in [-0.4, -0.2) is 45.8 Å². The van der Waals surface area contributed by atoms with E-state index in [9.17, 15) is 13.2 Å². The molecule has 0 saturated carbocycles. The van der Waals surface area contributed by atoms with E-state index in [1.807, 2.05) is 35.2 Å². The van der Waals surface area contributed by atoms with E-state index < -0.39 is 11.7 Å². The van der Waals surface area contributed by atoms with Gasteiger partial charge in [0.05, 0.1) is 12.2 Å². The number of hydrogen-bond donors (Lipinski definition) is 0. The van der Waals surface area contributed by atoms with Crippen molar-refractivity contribution in [2.75, 3.05) is 31.1 Å². The Hall–Kier alpha value is -2.72. The van der Waals surface area contributed by atoms with Crippen molar-refractivity contribution in [3.63, 3.8) is 0 Å². The molecule has 0 aliphatic carbocycles. The van der Waals surface area contributed by atoms with Gasteiger partial charge in [-0.25, -0.2) is 9.67 Å². The maximum absolute atomic E-state index is 12.7. The number of pyridine rings is 1. The zero-order valence-electron chi connectivity index (χ0n) is 16.0. The molecule has 0 unspecified atom stereocenters. The topological polar surface area (TPSA) is 50.3 Å². The first-order chi connectivity index (χ1) is 14.4. The molecule has 0 spiro atoms. The summed E-state index contributed by atoms with van der Waals surface area (Å²) in [6.45, 7) is 3.37. The normalized spacial score (nSPS) is 15.9. The van der Waals surface area contributed by atoms with Crippen LogP contribution >= 0.6 is 12.2 Å². The number of hydrogen-bond acceptors (Lipinski definition) is 6. The smallest absolute Gasteiger partial charge is 0.409 e. The quantitative estimate of drug-likeness (QED) is 0.564. The lowest BCUT2D eigenvalue weighted by atomic mass is 10.2. The molecule has 0 N–H and O–H groups in total.